The predicted octanol–water partition coefficient (Wildman–Crippen LogP) is 3.78. The van der Waals surface area contributed by atoms with E-state index in [9.17, 15) is 13.6 Å². The third-order valence-electron chi connectivity index (χ3n) is 3.61. The van der Waals surface area contributed by atoms with Gasteiger partial charge in [0.1, 0.15) is 28.8 Å². The van der Waals surface area contributed by atoms with Gasteiger partial charge in [0.2, 0.25) is 0 Å². The number of fused-ring (bicyclic) bond motifs is 1. The quantitative estimate of drug-likeness (QED) is 0.782. The van der Waals surface area contributed by atoms with Gasteiger partial charge in [0.05, 0.1) is 25.4 Å². The number of benzene rings is 2. The zero-order valence-electron chi connectivity index (χ0n) is 13.5. The van der Waals surface area contributed by atoms with E-state index in [0.29, 0.717) is 28.5 Å². The number of rotatable bonds is 4. The molecule has 0 aliphatic rings. The maximum absolute atomic E-state index is 13.7. The molecule has 1 aromatic heterocycles. The van der Waals surface area contributed by atoms with Gasteiger partial charge < -0.3 is 14.8 Å². The average Bonchev–Trinajstić information content (AvgIpc) is 2.62. The molecular weight excluding hydrogens is 330 g/mol. The summed E-state index contributed by atoms with van der Waals surface area (Å²) in [5.74, 6) is -1.19. The molecule has 0 saturated heterocycles. The van der Waals surface area contributed by atoms with Crippen molar-refractivity contribution in [3.05, 3.63) is 59.8 Å². The number of methoxy groups -OCH3 is 2. The highest BCUT2D eigenvalue weighted by Crippen LogP contribution is 2.29. The lowest BCUT2D eigenvalue weighted by Gasteiger charge is -2.10. The molecule has 5 nitrogen and oxygen atoms in total. The van der Waals surface area contributed by atoms with Crippen LogP contribution in [-0.2, 0) is 0 Å². The van der Waals surface area contributed by atoms with Crippen molar-refractivity contribution in [2.24, 2.45) is 0 Å². The summed E-state index contributed by atoms with van der Waals surface area (Å²) in [4.78, 5) is 16.6. The van der Waals surface area contributed by atoms with Crippen LogP contribution >= 0.6 is 0 Å². The number of nitrogens with zero attached hydrogens (tertiary/aromatic N) is 1. The number of nitrogens with one attached hydrogen (secondary N) is 1. The van der Waals surface area contributed by atoms with Crippen molar-refractivity contribution in [1.29, 1.82) is 0 Å². The van der Waals surface area contributed by atoms with Crippen LogP contribution in [-0.4, -0.2) is 25.1 Å². The van der Waals surface area contributed by atoms with Gasteiger partial charge in [-0.3, -0.25) is 4.79 Å². The molecular formula is C18H14F2N2O3. The SMILES string of the molecule is COc1ccc2nc(C(=O)Nc3ccc(F)cc3F)cc(OC)c2c1. The van der Waals surface area contributed by atoms with Crippen molar-refractivity contribution in [2.75, 3.05) is 19.5 Å². The number of carbonyl (C=O) groups is 1. The van der Waals surface area contributed by atoms with Crippen LogP contribution in [0.4, 0.5) is 14.5 Å². The van der Waals surface area contributed by atoms with Gasteiger partial charge in [0.15, 0.2) is 0 Å². The first-order chi connectivity index (χ1) is 12.0. The summed E-state index contributed by atoms with van der Waals surface area (Å²) >= 11 is 0. The summed E-state index contributed by atoms with van der Waals surface area (Å²) in [5, 5.41) is 3.04. The number of amides is 1. The summed E-state index contributed by atoms with van der Waals surface area (Å²) in [6, 6.07) is 9.46. The third-order valence-corrected chi connectivity index (χ3v) is 3.61. The van der Waals surface area contributed by atoms with Crippen molar-refractivity contribution in [2.45, 2.75) is 0 Å². The molecule has 3 aromatic rings. The maximum atomic E-state index is 13.7. The Morgan fingerprint density at radius 2 is 1.84 bits per heavy atom. The van der Waals surface area contributed by atoms with Crippen LogP contribution in [0.1, 0.15) is 10.5 Å². The molecule has 128 valence electrons. The smallest absolute Gasteiger partial charge is 0.274 e. The number of pyridine rings is 1. The fourth-order valence-corrected chi connectivity index (χ4v) is 2.36. The molecule has 0 fully saturated rings. The number of hydrogen-bond acceptors (Lipinski definition) is 4. The molecule has 0 saturated carbocycles. The van der Waals surface area contributed by atoms with Crippen molar-refractivity contribution in [3.8, 4) is 11.5 Å². The Balaban J connectivity index is 1.98. The highest BCUT2D eigenvalue weighted by Gasteiger charge is 2.15. The molecule has 0 radical (unpaired) electrons. The Morgan fingerprint density at radius 1 is 1.04 bits per heavy atom. The standard InChI is InChI=1S/C18H14F2N2O3/c1-24-11-4-6-14-12(8-11)17(25-2)9-16(21-14)18(23)22-15-5-3-10(19)7-13(15)20/h3-9H,1-2H3,(H,22,23). The van der Waals surface area contributed by atoms with Gasteiger partial charge >= 0.3 is 0 Å². The second-order valence-corrected chi connectivity index (χ2v) is 5.17. The van der Waals surface area contributed by atoms with Gasteiger partial charge in [0, 0.05) is 17.5 Å². The highest BCUT2D eigenvalue weighted by atomic mass is 19.1. The third kappa shape index (κ3) is 3.35. The Labute approximate surface area is 142 Å². The van der Waals surface area contributed by atoms with Gasteiger partial charge in [0.25, 0.3) is 5.91 Å². The fraction of sp³-hybridized carbons (Fsp3) is 0.111. The number of halogens is 2. The maximum Gasteiger partial charge on any atom is 0.274 e. The van der Waals surface area contributed by atoms with E-state index in [1.165, 1.54) is 13.2 Å². The van der Waals surface area contributed by atoms with E-state index in [4.69, 9.17) is 9.47 Å². The fourth-order valence-electron chi connectivity index (χ4n) is 2.36. The summed E-state index contributed by atoms with van der Waals surface area (Å²) in [7, 11) is 3.01. The molecule has 0 bridgehead atoms. The molecule has 0 aliphatic carbocycles. The molecule has 25 heavy (non-hydrogen) atoms. The van der Waals surface area contributed by atoms with Crippen LogP contribution in [0, 0.1) is 11.6 Å². The summed E-state index contributed by atoms with van der Waals surface area (Å²) < 4.78 is 37.1. The average molecular weight is 344 g/mol. The second-order valence-electron chi connectivity index (χ2n) is 5.17. The topological polar surface area (TPSA) is 60.5 Å². The molecule has 0 spiro atoms. The van der Waals surface area contributed by atoms with Gasteiger partial charge in [-0.1, -0.05) is 0 Å². The first kappa shape index (κ1) is 16.6. The molecule has 1 amide bonds. The molecule has 1 heterocycles. The van der Waals surface area contributed by atoms with Gasteiger partial charge in [-0.2, -0.15) is 0 Å². The lowest BCUT2D eigenvalue weighted by Crippen LogP contribution is -2.15. The van der Waals surface area contributed by atoms with Crippen LogP contribution in [0.15, 0.2) is 42.5 Å². The van der Waals surface area contributed by atoms with Crippen molar-refractivity contribution in [3.63, 3.8) is 0 Å². The van der Waals surface area contributed by atoms with E-state index >= 15 is 0 Å². The number of anilines is 1. The van der Waals surface area contributed by atoms with E-state index in [1.54, 1.807) is 25.3 Å². The highest BCUT2D eigenvalue weighted by molar-refractivity contribution is 6.05. The van der Waals surface area contributed by atoms with Gasteiger partial charge in [-0.05, 0) is 30.3 Å². The van der Waals surface area contributed by atoms with Gasteiger partial charge in [-0.25, -0.2) is 13.8 Å². The second kappa shape index (κ2) is 6.72. The molecule has 1 N–H and O–H groups in total. The molecule has 0 aliphatic heterocycles. The Hall–Kier alpha value is -3.22. The lowest BCUT2D eigenvalue weighted by atomic mass is 10.1. The summed E-state index contributed by atoms with van der Waals surface area (Å²) in [6.45, 7) is 0. The number of aromatic nitrogens is 1. The van der Waals surface area contributed by atoms with Crippen LogP contribution < -0.4 is 14.8 Å². The number of ether oxygens (including phenoxy) is 2. The van der Waals surface area contributed by atoms with Crippen LogP contribution in [0.3, 0.4) is 0 Å². The Morgan fingerprint density at radius 3 is 2.52 bits per heavy atom. The number of carbonyl (C=O) groups excluding carboxylic acids is 1. The molecule has 0 atom stereocenters. The van der Waals surface area contributed by atoms with Crippen LogP contribution in [0.5, 0.6) is 11.5 Å². The predicted molar refractivity (Wildman–Crippen MR) is 89.2 cm³/mol. The van der Waals surface area contributed by atoms with E-state index in [-0.39, 0.29) is 11.4 Å². The monoisotopic (exact) mass is 344 g/mol. The van der Waals surface area contributed by atoms with E-state index in [2.05, 4.69) is 10.3 Å². The molecule has 3 rings (SSSR count). The summed E-state index contributed by atoms with van der Waals surface area (Å²) in [5.41, 5.74) is 0.421. The lowest BCUT2D eigenvalue weighted by molar-refractivity contribution is 0.102. The zero-order chi connectivity index (χ0) is 18.0. The van der Waals surface area contributed by atoms with E-state index in [0.717, 1.165) is 12.1 Å². The minimum atomic E-state index is -0.870. The zero-order valence-corrected chi connectivity index (χ0v) is 13.5. The van der Waals surface area contributed by atoms with Crippen molar-refractivity contribution < 1.29 is 23.0 Å². The van der Waals surface area contributed by atoms with Crippen molar-refractivity contribution >= 4 is 22.5 Å². The van der Waals surface area contributed by atoms with Gasteiger partial charge in [-0.15, -0.1) is 0 Å². The van der Waals surface area contributed by atoms with Crippen molar-refractivity contribution in [1.82, 2.24) is 4.98 Å². The molecule has 0 unspecified atom stereocenters. The van der Waals surface area contributed by atoms with E-state index in [1.807, 2.05) is 0 Å². The summed E-state index contributed by atoms with van der Waals surface area (Å²) in [6.07, 6.45) is 0. The largest absolute Gasteiger partial charge is 0.497 e. The first-order valence-corrected chi connectivity index (χ1v) is 7.31. The normalized spacial score (nSPS) is 10.6. The molecule has 7 heteroatoms. The van der Waals surface area contributed by atoms with E-state index < -0.39 is 17.5 Å². The Bertz CT molecular complexity index is 960. The van der Waals surface area contributed by atoms with Crippen LogP contribution in [0.25, 0.3) is 10.9 Å². The first-order valence-electron chi connectivity index (χ1n) is 7.31. The van der Waals surface area contributed by atoms with Crippen LogP contribution in [0.2, 0.25) is 0 Å². The molecule has 2 aromatic carbocycles. The Kier molecular flexibility index (Phi) is 4.47. The number of hydrogen-bond donors (Lipinski definition) is 1. The minimum Gasteiger partial charge on any atom is -0.497 e. The minimum absolute atomic E-state index is 0.0400.